The Hall–Kier alpha value is -5.04. The molecular formula is C46H54N4O16S2. The number of amides is 2. The zero-order valence-corrected chi connectivity index (χ0v) is 39.9. The molecule has 1 unspecified atom stereocenters. The number of carbonyl (C=O) groups is 5. The predicted molar refractivity (Wildman–Crippen MR) is 242 cm³/mol. The predicted octanol–water partition coefficient (Wildman–Crippen LogP) is 4.08. The van der Waals surface area contributed by atoms with Gasteiger partial charge in [0.15, 0.2) is 31.2 Å². The van der Waals surface area contributed by atoms with Gasteiger partial charge in [-0.1, -0.05) is 29.0 Å². The minimum absolute atomic E-state index is 0.00392. The van der Waals surface area contributed by atoms with Gasteiger partial charge < -0.3 is 63.0 Å². The fourth-order valence-corrected chi connectivity index (χ4v) is 11.1. The molecule has 2 amide bonds. The average Bonchev–Trinajstić information content (AvgIpc) is 3.72. The second kappa shape index (κ2) is 20.5. The van der Waals surface area contributed by atoms with E-state index in [-0.39, 0.29) is 65.4 Å². The Labute approximate surface area is 399 Å². The molecule has 8 rings (SSSR count). The number of aromatic nitrogens is 1. The minimum Gasteiger partial charge on any atom is -0.507 e. The molecule has 22 heteroatoms. The highest BCUT2D eigenvalue weighted by molar-refractivity contribution is 8.76. The largest absolute Gasteiger partial charge is 0.507 e. The van der Waals surface area contributed by atoms with Gasteiger partial charge in [0, 0.05) is 94.3 Å². The molecule has 20 nitrogen and oxygen atoms in total. The van der Waals surface area contributed by atoms with Crippen molar-refractivity contribution in [2.24, 2.45) is 0 Å². The van der Waals surface area contributed by atoms with E-state index in [9.17, 15) is 39.3 Å². The molecule has 68 heavy (non-hydrogen) atoms. The number of rotatable bonds is 15. The van der Waals surface area contributed by atoms with Gasteiger partial charge in [-0.05, 0) is 42.8 Å². The molecule has 0 spiro atoms. The van der Waals surface area contributed by atoms with Crippen LogP contribution in [0.5, 0.6) is 17.2 Å². The number of hydrogen-bond donors (Lipinski definition) is 3. The molecule has 1 aromatic heterocycles. The molecule has 2 aliphatic carbocycles. The lowest BCUT2D eigenvalue weighted by atomic mass is 9.72. The first-order chi connectivity index (χ1) is 32.5. The van der Waals surface area contributed by atoms with E-state index in [0.717, 1.165) is 9.93 Å². The monoisotopic (exact) mass is 982 g/mol. The summed E-state index contributed by atoms with van der Waals surface area (Å²) in [5, 5.41) is 37.1. The molecule has 3 aliphatic heterocycles. The molecule has 0 radical (unpaired) electrons. The SMILES string of the molecule is COc1cccc2c1C(=O)c1c(O)c3c(c(O)c1C2=O)C[C@@](O)(C(=O)COC(=O)N(C)CCN(C)C(=O)OCC(C)SSc1ccccn1)C[C@@H]3O[C@H]1C[C@H]2[C@H](O[C@@H]3[C@@H](OC)OCCN32)[C@H](C)O1. The van der Waals surface area contributed by atoms with Crippen molar-refractivity contribution in [3.8, 4) is 17.2 Å². The van der Waals surface area contributed by atoms with Crippen LogP contribution >= 0.6 is 21.6 Å². The van der Waals surface area contributed by atoms with Crippen LogP contribution in [0.3, 0.4) is 0 Å². The molecule has 3 fully saturated rings. The number of Topliss-reactive ketones (excluding diaryl/α,β-unsaturated/α-hetero) is 1. The molecule has 5 aliphatic rings. The Kier molecular flexibility index (Phi) is 14.9. The number of benzene rings is 2. The summed E-state index contributed by atoms with van der Waals surface area (Å²) in [6.07, 6.45) is -5.40. The Morgan fingerprint density at radius 2 is 1.71 bits per heavy atom. The first-order valence-corrected chi connectivity index (χ1v) is 24.3. The van der Waals surface area contributed by atoms with Crippen molar-refractivity contribution >= 4 is 51.1 Å². The number of likely N-dealkylation sites (N-methyl/N-ethyl adjacent to an activating group) is 2. The normalized spacial score (nSPS) is 26.6. The van der Waals surface area contributed by atoms with E-state index in [1.165, 1.54) is 73.0 Å². The van der Waals surface area contributed by atoms with E-state index in [4.69, 9.17) is 37.9 Å². The third kappa shape index (κ3) is 9.62. The van der Waals surface area contributed by atoms with E-state index in [1.54, 1.807) is 13.1 Å². The van der Waals surface area contributed by atoms with Crippen LogP contribution < -0.4 is 4.74 Å². The lowest BCUT2D eigenvalue weighted by Crippen LogP contribution is -2.55. The number of phenols is 2. The zero-order valence-electron chi connectivity index (χ0n) is 38.3. The van der Waals surface area contributed by atoms with Crippen molar-refractivity contribution in [3.63, 3.8) is 0 Å². The average molecular weight is 983 g/mol. The van der Waals surface area contributed by atoms with Crippen molar-refractivity contribution < 1.29 is 77.2 Å². The van der Waals surface area contributed by atoms with Crippen molar-refractivity contribution in [3.05, 3.63) is 76.0 Å². The number of morpholine rings is 1. The summed E-state index contributed by atoms with van der Waals surface area (Å²) in [6.45, 7) is 3.89. The number of aromatic hydroxyl groups is 2. The molecule has 2 aromatic carbocycles. The van der Waals surface area contributed by atoms with Crippen LogP contribution in [0.25, 0.3) is 0 Å². The molecule has 366 valence electrons. The number of methoxy groups -OCH3 is 2. The van der Waals surface area contributed by atoms with Crippen molar-refractivity contribution in [2.45, 2.75) is 92.1 Å². The molecular weight excluding hydrogens is 929 g/mol. The maximum absolute atomic E-state index is 14.2. The fourth-order valence-electron chi connectivity index (χ4n) is 9.25. The van der Waals surface area contributed by atoms with Gasteiger partial charge in [0.25, 0.3) is 0 Å². The molecule has 4 heterocycles. The molecule has 0 bridgehead atoms. The highest BCUT2D eigenvalue weighted by atomic mass is 33.1. The number of phenolic OH excluding ortho intramolecular Hbond substituents is 2. The Bertz CT molecular complexity index is 2430. The molecule has 9 atom stereocenters. The summed E-state index contributed by atoms with van der Waals surface area (Å²) in [4.78, 5) is 77.1. The summed E-state index contributed by atoms with van der Waals surface area (Å²) >= 11 is 0. The maximum atomic E-state index is 14.2. The molecule has 3 saturated heterocycles. The Morgan fingerprint density at radius 1 is 0.971 bits per heavy atom. The number of fused-ring (bicyclic) bond motifs is 6. The number of carbonyl (C=O) groups excluding carboxylic acids is 5. The van der Waals surface area contributed by atoms with Gasteiger partial charge in [0.1, 0.15) is 40.6 Å². The molecule has 3 aromatic rings. The van der Waals surface area contributed by atoms with Gasteiger partial charge in [0.2, 0.25) is 11.6 Å². The fraction of sp³-hybridized carbons (Fsp3) is 0.522. The van der Waals surface area contributed by atoms with E-state index >= 15 is 0 Å². The smallest absolute Gasteiger partial charge is 0.409 e. The molecule has 0 saturated carbocycles. The highest BCUT2D eigenvalue weighted by Gasteiger charge is 2.55. The van der Waals surface area contributed by atoms with Crippen molar-refractivity contribution in [2.75, 3.05) is 67.8 Å². The summed E-state index contributed by atoms with van der Waals surface area (Å²) in [5.41, 5.74) is -3.95. The van der Waals surface area contributed by atoms with Crippen LogP contribution in [0.4, 0.5) is 9.59 Å². The third-order valence-electron chi connectivity index (χ3n) is 12.8. The summed E-state index contributed by atoms with van der Waals surface area (Å²) < 4.78 is 46.7. The van der Waals surface area contributed by atoms with Crippen LogP contribution in [0.15, 0.2) is 47.6 Å². The quantitative estimate of drug-likeness (QED) is 0.112. The topological polar surface area (TPSA) is 242 Å². The van der Waals surface area contributed by atoms with E-state index in [2.05, 4.69) is 9.88 Å². The van der Waals surface area contributed by atoms with Crippen molar-refractivity contribution in [1.29, 1.82) is 0 Å². The summed E-state index contributed by atoms with van der Waals surface area (Å²) in [7, 11) is 8.75. The first-order valence-electron chi connectivity index (χ1n) is 22.0. The van der Waals surface area contributed by atoms with Crippen LogP contribution in [0, 0.1) is 0 Å². The van der Waals surface area contributed by atoms with Crippen LogP contribution in [-0.2, 0) is 44.4 Å². The summed E-state index contributed by atoms with van der Waals surface area (Å²) in [6, 6.07) is 9.73. The maximum Gasteiger partial charge on any atom is 0.409 e. The van der Waals surface area contributed by atoms with Crippen LogP contribution in [0.2, 0.25) is 0 Å². The lowest BCUT2D eigenvalue weighted by Gasteiger charge is -2.43. The first kappa shape index (κ1) is 49.4. The van der Waals surface area contributed by atoms with E-state index in [0.29, 0.717) is 13.2 Å². The van der Waals surface area contributed by atoms with Crippen LogP contribution in [-0.4, -0.2) is 180 Å². The van der Waals surface area contributed by atoms with Gasteiger partial charge in [-0.25, -0.2) is 14.6 Å². The number of pyridine rings is 1. The lowest BCUT2D eigenvalue weighted by molar-refractivity contribution is -0.256. The van der Waals surface area contributed by atoms with Gasteiger partial charge in [-0.15, -0.1) is 0 Å². The number of aliphatic hydroxyl groups is 1. The minimum atomic E-state index is -2.41. The zero-order chi connectivity index (χ0) is 48.6. The second-order valence-corrected chi connectivity index (χ2v) is 19.9. The van der Waals surface area contributed by atoms with Gasteiger partial charge in [-0.3, -0.25) is 19.3 Å². The van der Waals surface area contributed by atoms with Gasteiger partial charge in [-0.2, -0.15) is 0 Å². The standard InChI is InChI=1S/C46H54N4O16S2/c1-23(67-68-31-12-7-8-13-47-31)21-62-44(56)48(3)14-15-49(4)45(57)63-22-30(51)46(58)19-26-34(40(55)36-35(38(26)53)37(52)25-10-9-11-28(59-5)33(25)39(36)54)29(20-46)65-32-18-27-41(24(2)64-32)66-42-43(60-6)61-17-16-50(27)42/h7-13,23-24,27,29,32,41-43,53,55,58H,14-22H2,1-6H3/t23?,24-,27-,29-,32-,41+,42+,43-,46-/m0/s1. The van der Waals surface area contributed by atoms with E-state index < -0.39 is 114 Å². The van der Waals surface area contributed by atoms with Crippen molar-refractivity contribution in [1.82, 2.24) is 19.7 Å². The Balaban J connectivity index is 0.976. The van der Waals surface area contributed by atoms with Gasteiger partial charge >= 0.3 is 12.2 Å². The highest BCUT2D eigenvalue weighted by Crippen LogP contribution is 2.53. The number of ether oxygens (including phenoxy) is 8. The Morgan fingerprint density at radius 3 is 2.41 bits per heavy atom. The third-order valence-corrected chi connectivity index (χ3v) is 15.6. The van der Waals surface area contributed by atoms with Gasteiger partial charge in [0.05, 0.1) is 42.6 Å². The molecule has 3 N–H and O–H groups in total. The number of nitrogens with zero attached hydrogens (tertiary/aromatic N) is 4. The number of ketones is 3. The number of hydrogen-bond acceptors (Lipinski definition) is 20. The summed E-state index contributed by atoms with van der Waals surface area (Å²) in [5.74, 6) is -3.91. The van der Waals surface area contributed by atoms with Crippen LogP contribution in [0.1, 0.15) is 75.8 Å². The van der Waals surface area contributed by atoms with E-state index in [1.807, 2.05) is 25.1 Å². The second-order valence-electron chi connectivity index (χ2n) is 17.3.